The molecule has 194 valence electrons. The van der Waals surface area contributed by atoms with Crippen LogP contribution in [0.2, 0.25) is 0 Å². The molecule has 0 bridgehead atoms. The SMILES string of the molecule is CC(C)COC(c1ccc(NC(=O)Cc2ccc(C(C)[SH](=O)=O)cc2)cc1)(C(F)(F)F)C(F)(F)F. The number of ether oxygens (including phenoxy) is 1. The number of anilines is 1. The Kier molecular flexibility index (Phi) is 8.99. The Morgan fingerprint density at radius 3 is 1.83 bits per heavy atom. The predicted octanol–water partition coefficient (Wildman–Crippen LogP) is 5.53. The lowest BCUT2D eigenvalue weighted by Crippen LogP contribution is -2.56. The maximum Gasteiger partial charge on any atom is 0.430 e. The number of hydrogen-bond donors (Lipinski definition) is 2. The Bertz CT molecular complexity index is 1060. The van der Waals surface area contributed by atoms with Crippen molar-refractivity contribution in [2.24, 2.45) is 5.92 Å². The number of carbonyl (C=O) groups excluding carboxylic acids is 1. The van der Waals surface area contributed by atoms with Crippen molar-refractivity contribution < 1.29 is 44.3 Å². The highest BCUT2D eigenvalue weighted by Crippen LogP contribution is 2.53. The van der Waals surface area contributed by atoms with Crippen LogP contribution in [0.25, 0.3) is 0 Å². The van der Waals surface area contributed by atoms with Gasteiger partial charge in [0.25, 0.3) is 5.60 Å². The summed E-state index contributed by atoms with van der Waals surface area (Å²) < 4.78 is 109. The van der Waals surface area contributed by atoms with Gasteiger partial charge in [-0.2, -0.15) is 26.3 Å². The van der Waals surface area contributed by atoms with E-state index in [4.69, 9.17) is 0 Å². The van der Waals surface area contributed by atoms with Crippen molar-refractivity contribution in [2.75, 3.05) is 11.9 Å². The number of alkyl halides is 6. The molecular weight excluding hydrogens is 500 g/mol. The van der Waals surface area contributed by atoms with E-state index in [2.05, 4.69) is 10.1 Å². The second kappa shape index (κ2) is 11.0. The molecule has 0 aromatic heterocycles. The zero-order chi connectivity index (χ0) is 26.6. The first-order valence-electron chi connectivity index (χ1n) is 10.5. The Morgan fingerprint density at radius 2 is 1.40 bits per heavy atom. The van der Waals surface area contributed by atoms with Crippen LogP contribution in [0.1, 0.15) is 42.7 Å². The molecule has 0 aliphatic carbocycles. The summed E-state index contributed by atoms with van der Waals surface area (Å²) in [7, 11) is -2.66. The summed E-state index contributed by atoms with van der Waals surface area (Å²) in [6.45, 7) is 3.59. The van der Waals surface area contributed by atoms with Gasteiger partial charge in [-0.3, -0.25) is 4.79 Å². The van der Waals surface area contributed by atoms with Crippen LogP contribution in [0, 0.1) is 5.92 Å². The summed E-state index contributed by atoms with van der Waals surface area (Å²) in [6, 6.07) is 9.34. The van der Waals surface area contributed by atoms with Crippen LogP contribution in [0.4, 0.5) is 32.0 Å². The molecule has 0 radical (unpaired) electrons. The molecule has 0 heterocycles. The van der Waals surface area contributed by atoms with E-state index in [0.717, 1.165) is 12.1 Å². The van der Waals surface area contributed by atoms with Crippen molar-refractivity contribution in [3.63, 3.8) is 0 Å². The lowest BCUT2D eigenvalue weighted by Gasteiger charge is -2.38. The van der Waals surface area contributed by atoms with Gasteiger partial charge in [0, 0.05) is 11.3 Å². The molecule has 2 aromatic carbocycles. The number of thiol groups is 1. The van der Waals surface area contributed by atoms with Gasteiger partial charge in [0.2, 0.25) is 5.91 Å². The standard InChI is InChI=1S/C23H25F6NO4S/c1-14(2)13-34-21(22(24,25)26,23(27,28)29)18-8-10-19(11-9-18)30-20(31)12-16-4-6-17(7-5-16)15(3)35(32)33/h4-11,14-15,35H,12-13H2,1-3H3,(H,30,31). The number of nitrogens with one attached hydrogen (secondary N) is 1. The molecule has 2 rings (SSSR count). The van der Waals surface area contributed by atoms with Crippen molar-refractivity contribution in [3.05, 3.63) is 65.2 Å². The van der Waals surface area contributed by atoms with Gasteiger partial charge < -0.3 is 10.1 Å². The fourth-order valence-electron chi connectivity index (χ4n) is 3.24. The first-order chi connectivity index (χ1) is 16.1. The number of hydrogen-bond acceptors (Lipinski definition) is 4. The predicted molar refractivity (Wildman–Crippen MR) is 119 cm³/mol. The van der Waals surface area contributed by atoms with Crippen LogP contribution < -0.4 is 5.32 Å². The van der Waals surface area contributed by atoms with E-state index in [-0.39, 0.29) is 12.1 Å². The Labute approximate surface area is 200 Å². The van der Waals surface area contributed by atoms with Gasteiger partial charge in [-0.1, -0.05) is 50.2 Å². The van der Waals surface area contributed by atoms with Crippen LogP contribution in [0.3, 0.4) is 0 Å². The van der Waals surface area contributed by atoms with E-state index in [9.17, 15) is 39.6 Å². The van der Waals surface area contributed by atoms with E-state index < -0.39 is 57.9 Å². The monoisotopic (exact) mass is 525 g/mol. The van der Waals surface area contributed by atoms with E-state index in [1.807, 2.05) is 0 Å². The molecule has 1 atom stereocenters. The van der Waals surface area contributed by atoms with Gasteiger partial charge in [0.05, 0.1) is 18.3 Å². The third-order valence-electron chi connectivity index (χ3n) is 5.15. The van der Waals surface area contributed by atoms with Gasteiger partial charge in [0.15, 0.2) is 0 Å². The van der Waals surface area contributed by atoms with Gasteiger partial charge in [-0.05, 0) is 36.1 Å². The first-order valence-corrected chi connectivity index (χ1v) is 11.7. The quantitative estimate of drug-likeness (QED) is 0.334. The fourth-order valence-corrected chi connectivity index (χ4v) is 3.66. The van der Waals surface area contributed by atoms with Crippen molar-refractivity contribution >= 4 is 22.3 Å². The first kappa shape index (κ1) is 28.6. The summed E-state index contributed by atoms with van der Waals surface area (Å²) in [4.78, 5) is 12.3. The molecule has 1 N–H and O–H groups in total. The second-order valence-corrected chi connectivity index (χ2v) is 9.73. The van der Waals surface area contributed by atoms with E-state index >= 15 is 0 Å². The maximum atomic E-state index is 13.7. The average molecular weight is 526 g/mol. The molecule has 35 heavy (non-hydrogen) atoms. The third kappa shape index (κ3) is 6.75. The summed E-state index contributed by atoms with van der Waals surface area (Å²) >= 11 is 0. The highest BCUT2D eigenvalue weighted by molar-refractivity contribution is 7.72. The number of halogens is 6. The lowest BCUT2D eigenvalue weighted by atomic mass is 9.91. The Balaban J connectivity index is 2.22. The topological polar surface area (TPSA) is 72.5 Å². The van der Waals surface area contributed by atoms with Crippen LogP contribution in [0.15, 0.2) is 48.5 Å². The summed E-state index contributed by atoms with van der Waals surface area (Å²) in [5.41, 5.74) is -4.60. The van der Waals surface area contributed by atoms with Crippen LogP contribution in [0.5, 0.6) is 0 Å². The minimum atomic E-state index is -5.78. The zero-order valence-corrected chi connectivity index (χ0v) is 19.9. The smallest absolute Gasteiger partial charge is 0.354 e. The number of amides is 1. The molecule has 0 fully saturated rings. The third-order valence-corrected chi connectivity index (χ3v) is 6.08. The van der Waals surface area contributed by atoms with Crippen molar-refractivity contribution in [1.29, 1.82) is 0 Å². The number of carbonyl (C=O) groups is 1. The second-order valence-electron chi connectivity index (χ2n) is 8.39. The zero-order valence-electron chi connectivity index (χ0n) is 19.0. The molecule has 0 aliphatic heterocycles. The number of rotatable bonds is 9. The highest BCUT2D eigenvalue weighted by Gasteiger charge is 2.73. The fraction of sp³-hybridized carbons (Fsp3) is 0.435. The Morgan fingerprint density at radius 1 is 0.886 bits per heavy atom. The van der Waals surface area contributed by atoms with Crippen molar-refractivity contribution in [2.45, 2.75) is 50.4 Å². The van der Waals surface area contributed by atoms with Gasteiger partial charge >= 0.3 is 12.4 Å². The Hall–Kier alpha value is -2.60. The molecule has 5 nitrogen and oxygen atoms in total. The van der Waals surface area contributed by atoms with Gasteiger partial charge in [-0.15, -0.1) is 0 Å². The van der Waals surface area contributed by atoms with E-state index in [1.54, 1.807) is 24.3 Å². The minimum absolute atomic E-state index is 0.00514. The largest absolute Gasteiger partial charge is 0.430 e. The molecule has 0 saturated carbocycles. The number of benzene rings is 2. The summed E-state index contributed by atoms with van der Waals surface area (Å²) in [5.74, 6) is -1.15. The maximum absolute atomic E-state index is 13.7. The molecule has 2 aromatic rings. The minimum Gasteiger partial charge on any atom is -0.354 e. The molecule has 0 aliphatic rings. The van der Waals surface area contributed by atoms with Crippen LogP contribution in [-0.4, -0.2) is 33.3 Å². The average Bonchev–Trinajstić information content (AvgIpc) is 2.73. The molecule has 1 amide bonds. The summed E-state index contributed by atoms with van der Waals surface area (Å²) in [6.07, 6.45) is -11.7. The molecule has 0 saturated heterocycles. The highest BCUT2D eigenvalue weighted by atomic mass is 32.2. The van der Waals surface area contributed by atoms with Crippen LogP contribution in [-0.2, 0) is 32.3 Å². The molecule has 1 unspecified atom stereocenters. The van der Waals surface area contributed by atoms with Crippen LogP contribution >= 0.6 is 0 Å². The van der Waals surface area contributed by atoms with E-state index in [0.29, 0.717) is 23.3 Å². The van der Waals surface area contributed by atoms with Crippen molar-refractivity contribution in [1.82, 2.24) is 0 Å². The normalized spacial score (nSPS) is 13.8. The lowest BCUT2D eigenvalue weighted by molar-refractivity contribution is -0.391. The van der Waals surface area contributed by atoms with Gasteiger partial charge in [0.1, 0.15) is 10.7 Å². The summed E-state index contributed by atoms with van der Waals surface area (Å²) in [5, 5.41) is 1.72. The molecule has 0 spiro atoms. The molecular formula is C23H25F6NO4S. The van der Waals surface area contributed by atoms with Gasteiger partial charge in [-0.25, -0.2) is 8.42 Å². The van der Waals surface area contributed by atoms with E-state index in [1.165, 1.54) is 20.8 Å². The molecule has 12 heteroatoms. The van der Waals surface area contributed by atoms with Crippen molar-refractivity contribution in [3.8, 4) is 0 Å².